The highest BCUT2D eigenvalue weighted by atomic mass is 16.5. The van der Waals surface area contributed by atoms with E-state index < -0.39 is 0 Å². The molecule has 0 unspecified atom stereocenters. The standard InChI is InChI=1S/C14H16N4O/c1-3-18-12-7-10(19-2)5-4-9(12)6-13(18)11-8-14(15)17-16-11/h4-8H,3H2,1-2H3,(H3,15,16,17). The second-order valence-electron chi connectivity index (χ2n) is 4.41. The van der Waals surface area contributed by atoms with E-state index in [9.17, 15) is 0 Å². The van der Waals surface area contributed by atoms with Crippen LogP contribution in [0.2, 0.25) is 0 Å². The lowest BCUT2D eigenvalue weighted by Gasteiger charge is -2.07. The predicted octanol–water partition coefficient (Wildman–Crippen LogP) is 2.64. The van der Waals surface area contributed by atoms with Crippen molar-refractivity contribution >= 4 is 16.7 Å². The molecule has 2 aromatic heterocycles. The monoisotopic (exact) mass is 256 g/mol. The zero-order chi connectivity index (χ0) is 13.4. The van der Waals surface area contributed by atoms with Gasteiger partial charge in [0, 0.05) is 24.1 Å². The largest absolute Gasteiger partial charge is 0.497 e. The number of fused-ring (bicyclic) bond motifs is 1. The minimum absolute atomic E-state index is 0.500. The zero-order valence-electron chi connectivity index (χ0n) is 11.0. The molecule has 0 saturated carbocycles. The third kappa shape index (κ3) is 1.83. The third-order valence-corrected chi connectivity index (χ3v) is 3.30. The highest BCUT2D eigenvalue weighted by Crippen LogP contribution is 2.30. The number of benzene rings is 1. The van der Waals surface area contributed by atoms with E-state index in [1.54, 1.807) is 7.11 Å². The lowest BCUT2D eigenvalue weighted by atomic mass is 10.2. The predicted molar refractivity (Wildman–Crippen MR) is 76.2 cm³/mol. The number of nitrogen functional groups attached to an aromatic ring is 1. The molecule has 5 nitrogen and oxygen atoms in total. The fourth-order valence-electron chi connectivity index (χ4n) is 2.39. The number of nitrogens with zero attached hydrogens (tertiary/aromatic N) is 2. The van der Waals surface area contributed by atoms with E-state index >= 15 is 0 Å². The molecular weight excluding hydrogens is 240 g/mol. The van der Waals surface area contributed by atoms with Crippen molar-refractivity contribution in [3.63, 3.8) is 0 Å². The summed E-state index contributed by atoms with van der Waals surface area (Å²) in [7, 11) is 1.68. The molecule has 0 amide bonds. The van der Waals surface area contributed by atoms with Crippen LogP contribution in [0.4, 0.5) is 5.82 Å². The van der Waals surface area contributed by atoms with Gasteiger partial charge in [-0.2, -0.15) is 5.10 Å². The Labute approximate surface area is 111 Å². The third-order valence-electron chi connectivity index (χ3n) is 3.30. The molecule has 0 aliphatic heterocycles. The van der Waals surface area contributed by atoms with Crippen LogP contribution < -0.4 is 10.5 Å². The highest BCUT2D eigenvalue weighted by Gasteiger charge is 2.12. The molecule has 3 rings (SSSR count). The molecule has 2 heterocycles. The Bertz CT molecular complexity index is 726. The lowest BCUT2D eigenvalue weighted by Crippen LogP contribution is -1.97. The first-order valence-corrected chi connectivity index (χ1v) is 6.21. The number of aromatic nitrogens is 3. The Hall–Kier alpha value is -2.43. The van der Waals surface area contributed by atoms with Crippen LogP contribution in [0.25, 0.3) is 22.3 Å². The van der Waals surface area contributed by atoms with E-state index in [1.807, 2.05) is 18.2 Å². The van der Waals surface area contributed by atoms with Crippen molar-refractivity contribution in [1.29, 1.82) is 0 Å². The number of nitrogens with one attached hydrogen (secondary N) is 1. The molecule has 0 atom stereocenters. The quantitative estimate of drug-likeness (QED) is 0.757. The first kappa shape index (κ1) is 11.6. The Morgan fingerprint density at radius 1 is 1.32 bits per heavy atom. The van der Waals surface area contributed by atoms with Crippen LogP contribution in [0.3, 0.4) is 0 Å². The van der Waals surface area contributed by atoms with Crippen LogP contribution in [0, 0.1) is 0 Å². The normalized spacial score (nSPS) is 11.1. The molecule has 98 valence electrons. The molecule has 0 aliphatic rings. The van der Waals surface area contributed by atoms with Gasteiger partial charge in [-0.25, -0.2) is 0 Å². The fraction of sp³-hybridized carbons (Fsp3) is 0.214. The smallest absolute Gasteiger partial charge is 0.145 e. The maximum Gasteiger partial charge on any atom is 0.145 e. The van der Waals surface area contributed by atoms with Crippen molar-refractivity contribution in [1.82, 2.24) is 14.8 Å². The van der Waals surface area contributed by atoms with Gasteiger partial charge in [-0.15, -0.1) is 0 Å². The van der Waals surface area contributed by atoms with E-state index in [2.05, 4.69) is 33.8 Å². The second-order valence-corrected chi connectivity index (χ2v) is 4.41. The Morgan fingerprint density at radius 3 is 2.79 bits per heavy atom. The van der Waals surface area contributed by atoms with E-state index in [1.165, 1.54) is 5.39 Å². The molecule has 0 fully saturated rings. The van der Waals surface area contributed by atoms with Crippen molar-refractivity contribution in [2.24, 2.45) is 0 Å². The topological polar surface area (TPSA) is 68.9 Å². The van der Waals surface area contributed by atoms with Gasteiger partial charge in [0.25, 0.3) is 0 Å². The summed E-state index contributed by atoms with van der Waals surface area (Å²) in [6, 6.07) is 10.0. The summed E-state index contributed by atoms with van der Waals surface area (Å²) < 4.78 is 7.50. The average molecular weight is 256 g/mol. The SMILES string of the molecule is CCn1c(-c2cc(N)n[nH]2)cc2ccc(OC)cc21. The Morgan fingerprint density at radius 2 is 2.16 bits per heavy atom. The van der Waals surface area contributed by atoms with Gasteiger partial charge in [-0.1, -0.05) is 0 Å². The van der Waals surface area contributed by atoms with Crippen LogP contribution in [-0.4, -0.2) is 21.9 Å². The van der Waals surface area contributed by atoms with Crippen LogP contribution in [-0.2, 0) is 6.54 Å². The fourth-order valence-corrected chi connectivity index (χ4v) is 2.39. The number of hydrogen-bond donors (Lipinski definition) is 2. The Balaban J connectivity index is 2.25. The lowest BCUT2D eigenvalue weighted by molar-refractivity contribution is 0.415. The van der Waals surface area contributed by atoms with Gasteiger partial charge in [-0.3, -0.25) is 5.10 Å². The molecular formula is C14H16N4O. The summed E-state index contributed by atoms with van der Waals surface area (Å²) in [6.07, 6.45) is 0. The number of nitrogens with two attached hydrogens (primary N) is 1. The van der Waals surface area contributed by atoms with E-state index in [0.717, 1.165) is 29.2 Å². The number of rotatable bonds is 3. The average Bonchev–Trinajstić information content (AvgIpc) is 3.00. The number of anilines is 1. The number of ether oxygens (including phenoxy) is 1. The molecule has 5 heteroatoms. The zero-order valence-corrected chi connectivity index (χ0v) is 11.0. The van der Waals surface area contributed by atoms with Gasteiger partial charge >= 0.3 is 0 Å². The summed E-state index contributed by atoms with van der Waals surface area (Å²) in [5.74, 6) is 1.36. The number of H-pyrrole nitrogens is 1. The molecule has 0 bridgehead atoms. The second kappa shape index (κ2) is 4.35. The molecule has 0 radical (unpaired) electrons. The summed E-state index contributed by atoms with van der Waals surface area (Å²) in [5, 5.41) is 8.12. The number of hydrogen-bond acceptors (Lipinski definition) is 3. The maximum absolute atomic E-state index is 5.68. The number of methoxy groups -OCH3 is 1. The maximum atomic E-state index is 5.68. The van der Waals surface area contributed by atoms with Gasteiger partial charge in [0.2, 0.25) is 0 Å². The molecule has 0 aliphatic carbocycles. The van der Waals surface area contributed by atoms with Gasteiger partial charge in [0.05, 0.1) is 24.0 Å². The summed E-state index contributed by atoms with van der Waals surface area (Å²) >= 11 is 0. The van der Waals surface area contributed by atoms with Crippen molar-refractivity contribution in [3.8, 4) is 17.1 Å². The van der Waals surface area contributed by atoms with Gasteiger partial charge < -0.3 is 15.0 Å². The Kier molecular flexibility index (Phi) is 2.67. The molecule has 1 aromatic carbocycles. The van der Waals surface area contributed by atoms with Crippen molar-refractivity contribution in [3.05, 3.63) is 30.3 Å². The van der Waals surface area contributed by atoms with Crippen LogP contribution in [0.15, 0.2) is 30.3 Å². The highest BCUT2D eigenvalue weighted by molar-refractivity contribution is 5.87. The number of aryl methyl sites for hydroxylation is 1. The first-order chi connectivity index (χ1) is 9.22. The van der Waals surface area contributed by atoms with Crippen LogP contribution >= 0.6 is 0 Å². The van der Waals surface area contributed by atoms with Crippen LogP contribution in [0.1, 0.15) is 6.92 Å². The molecule has 3 N–H and O–H groups in total. The van der Waals surface area contributed by atoms with Crippen molar-refractivity contribution in [2.75, 3.05) is 12.8 Å². The summed E-state index contributed by atoms with van der Waals surface area (Å²) in [6.45, 7) is 2.98. The molecule has 0 saturated heterocycles. The minimum atomic E-state index is 0.500. The van der Waals surface area contributed by atoms with Gasteiger partial charge in [0.15, 0.2) is 0 Å². The van der Waals surface area contributed by atoms with Crippen LogP contribution in [0.5, 0.6) is 5.75 Å². The van der Waals surface area contributed by atoms with E-state index in [4.69, 9.17) is 10.5 Å². The van der Waals surface area contributed by atoms with Crippen molar-refractivity contribution in [2.45, 2.75) is 13.5 Å². The molecule has 19 heavy (non-hydrogen) atoms. The van der Waals surface area contributed by atoms with E-state index in [0.29, 0.717) is 5.82 Å². The van der Waals surface area contributed by atoms with Gasteiger partial charge in [0.1, 0.15) is 11.6 Å². The molecule has 0 spiro atoms. The summed E-state index contributed by atoms with van der Waals surface area (Å²) in [4.78, 5) is 0. The van der Waals surface area contributed by atoms with E-state index in [-0.39, 0.29) is 0 Å². The van der Waals surface area contributed by atoms with Crippen molar-refractivity contribution < 1.29 is 4.74 Å². The summed E-state index contributed by atoms with van der Waals surface area (Å²) in [5.41, 5.74) is 8.82. The first-order valence-electron chi connectivity index (χ1n) is 6.21. The minimum Gasteiger partial charge on any atom is -0.497 e. The molecule has 3 aromatic rings. The number of aromatic amines is 1. The van der Waals surface area contributed by atoms with Gasteiger partial charge in [-0.05, 0) is 25.1 Å².